The SMILES string of the molecule is CCN(CC)S(=O)(=O)c1ccc(CCC(=O)Nc2c(F)cccc2N2CCCC2)cc1. The summed E-state index contributed by atoms with van der Waals surface area (Å²) in [6.45, 7) is 6.15. The number of halogens is 1. The molecule has 1 heterocycles. The van der Waals surface area contributed by atoms with E-state index in [1.165, 1.54) is 10.4 Å². The molecule has 1 aliphatic heterocycles. The minimum Gasteiger partial charge on any atom is -0.370 e. The zero-order valence-electron chi connectivity index (χ0n) is 18.1. The molecular weight excluding hydrogens is 417 g/mol. The van der Waals surface area contributed by atoms with E-state index in [2.05, 4.69) is 10.2 Å². The Hall–Kier alpha value is -2.45. The quantitative estimate of drug-likeness (QED) is 0.630. The van der Waals surface area contributed by atoms with Crippen LogP contribution < -0.4 is 10.2 Å². The van der Waals surface area contributed by atoms with Crippen molar-refractivity contribution in [2.75, 3.05) is 36.4 Å². The van der Waals surface area contributed by atoms with Crippen molar-refractivity contribution < 1.29 is 17.6 Å². The van der Waals surface area contributed by atoms with Gasteiger partial charge in [-0.3, -0.25) is 4.79 Å². The second kappa shape index (κ2) is 10.2. The number of carbonyl (C=O) groups excluding carboxylic acids is 1. The van der Waals surface area contributed by atoms with Gasteiger partial charge in [0.2, 0.25) is 15.9 Å². The maximum atomic E-state index is 14.4. The van der Waals surface area contributed by atoms with Gasteiger partial charge in [-0.05, 0) is 49.1 Å². The van der Waals surface area contributed by atoms with Crippen LogP contribution in [0.3, 0.4) is 0 Å². The number of benzene rings is 2. The van der Waals surface area contributed by atoms with Gasteiger partial charge in [0.1, 0.15) is 11.5 Å². The van der Waals surface area contributed by atoms with Crippen LogP contribution in [0.4, 0.5) is 15.8 Å². The van der Waals surface area contributed by atoms with Gasteiger partial charge in [0.05, 0.1) is 10.6 Å². The third-order valence-corrected chi connectivity index (χ3v) is 7.67. The van der Waals surface area contributed by atoms with Crippen LogP contribution in [0.5, 0.6) is 0 Å². The Morgan fingerprint density at radius 3 is 2.32 bits per heavy atom. The van der Waals surface area contributed by atoms with Crippen molar-refractivity contribution in [3.63, 3.8) is 0 Å². The van der Waals surface area contributed by atoms with Gasteiger partial charge in [-0.1, -0.05) is 32.0 Å². The zero-order chi connectivity index (χ0) is 22.4. The average Bonchev–Trinajstić information content (AvgIpc) is 3.29. The van der Waals surface area contributed by atoms with Crippen LogP contribution in [-0.4, -0.2) is 44.8 Å². The number of hydrogen-bond donors (Lipinski definition) is 1. The van der Waals surface area contributed by atoms with Crippen molar-refractivity contribution in [1.29, 1.82) is 0 Å². The van der Waals surface area contributed by atoms with Gasteiger partial charge in [-0.25, -0.2) is 12.8 Å². The minimum atomic E-state index is -3.50. The summed E-state index contributed by atoms with van der Waals surface area (Å²) >= 11 is 0. The molecule has 1 saturated heterocycles. The van der Waals surface area contributed by atoms with E-state index in [9.17, 15) is 17.6 Å². The fraction of sp³-hybridized carbons (Fsp3) is 0.435. The Balaban J connectivity index is 1.63. The summed E-state index contributed by atoms with van der Waals surface area (Å²) in [4.78, 5) is 14.8. The molecule has 0 spiro atoms. The molecule has 0 aromatic heterocycles. The summed E-state index contributed by atoms with van der Waals surface area (Å²) in [6, 6.07) is 11.4. The number of anilines is 2. The molecule has 0 saturated carbocycles. The van der Waals surface area contributed by atoms with Gasteiger partial charge < -0.3 is 10.2 Å². The van der Waals surface area contributed by atoms with Crippen LogP contribution in [0.25, 0.3) is 0 Å². The molecule has 0 atom stereocenters. The first-order valence-corrected chi connectivity index (χ1v) is 12.2. The molecule has 1 amide bonds. The predicted octanol–water partition coefficient (Wildman–Crippen LogP) is 4.03. The first-order chi connectivity index (χ1) is 14.9. The van der Waals surface area contributed by atoms with Crippen molar-refractivity contribution in [2.24, 2.45) is 0 Å². The first kappa shape index (κ1) is 23.2. The molecule has 31 heavy (non-hydrogen) atoms. The molecule has 2 aromatic rings. The molecule has 3 rings (SSSR count). The summed E-state index contributed by atoms with van der Waals surface area (Å²) in [7, 11) is -3.50. The lowest BCUT2D eigenvalue weighted by Crippen LogP contribution is -2.30. The minimum absolute atomic E-state index is 0.177. The van der Waals surface area contributed by atoms with E-state index in [4.69, 9.17) is 0 Å². The summed E-state index contributed by atoms with van der Waals surface area (Å²) in [6.07, 6.45) is 2.73. The summed E-state index contributed by atoms with van der Waals surface area (Å²) < 4.78 is 40.9. The van der Waals surface area contributed by atoms with Gasteiger partial charge in [-0.15, -0.1) is 0 Å². The van der Waals surface area contributed by atoms with Gasteiger partial charge in [-0.2, -0.15) is 4.31 Å². The molecule has 0 bridgehead atoms. The third-order valence-electron chi connectivity index (χ3n) is 5.61. The van der Waals surface area contributed by atoms with E-state index < -0.39 is 15.8 Å². The second-order valence-electron chi connectivity index (χ2n) is 7.61. The highest BCUT2D eigenvalue weighted by atomic mass is 32.2. The van der Waals surface area contributed by atoms with E-state index in [1.807, 2.05) is 6.07 Å². The predicted molar refractivity (Wildman–Crippen MR) is 121 cm³/mol. The Morgan fingerprint density at radius 2 is 1.71 bits per heavy atom. The molecule has 0 unspecified atom stereocenters. The highest BCUT2D eigenvalue weighted by Crippen LogP contribution is 2.31. The van der Waals surface area contributed by atoms with Gasteiger partial charge >= 0.3 is 0 Å². The number of para-hydroxylation sites is 1. The fourth-order valence-electron chi connectivity index (χ4n) is 3.86. The van der Waals surface area contributed by atoms with E-state index in [0.717, 1.165) is 37.2 Å². The number of nitrogens with zero attached hydrogens (tertiary/aromatic N) is 2. The van der Waals surface area contributed by atoms with E-state index in [0.29, 0.717) is 19.5 Å². The number of sulfonamides is 1. The third kappa shape index (κ3) is 5.43. The highest BCUT2D eigenvalue weighted by Gasteiger charge is 2.22. The van der Waals surface area contributed by atoms with Crippen LogP contribution in [0, 0.1) is 5.82 Å². The highest BCUT2D eigenvalue weighted by molar-refractivity contribution is 7.89. The smallest absolute Gasteiger partial charge is 0.243 e. The fourth-order valence-corrected chi connectivity index (χ4v) is 5.32. The lowest BCUT2D eigenvalue weighted by atomic mass is 10.1. The zero-order valence-corrected chi connectivity index (χ0v) is 18.9. The summed E-state index contributed by atoms with van der Waals surface area (Å²) in [5, 5.41) is 2.73. The van der Waals surface area contributed by atoms with Gasteiger partial charge in [0.25, 0.3) is 0 Å². The maximum absolute atomic E-state index is 14.4. The maximum Gasteiger partial charge on any atom is 0.243 e. The number of rotatable bonds is 9. The number of amides is 1. The summed E-state index contributed by atoms with van der Waals surface area (Å²) in [5.74, 6) is -0.714. The molecule has 1 fully saturated rings. The van der Waals surface area contributed by atoms with Crippen molar-refractivity contribution in [3.8, 4) is 0 Å². The topological polar surface area (TPSA) is 69.7 Å². The van der Waals surface area contributed by atoms with Crippen molar-refractivity contribution in [3.05, 3.63) is 53.8 Å². The first-order valence-electron chi connectivity index (χ1n) is 10.8. The lowest BCUT2D eigenvalue weighted by Gasteiger charge is -2.22. The van der Waals surface area contributed by atoms with E-state index in [-0.39, 0.29) is 22.9 Å². The van der Waals surface area contributed by atoms with Gasteiger partial charge in [0.15, 0.2) is 0 Å². The monoisotopic (exact) mass is 447 g/mol. The molecule has 1 N–H and O–H groups in total. The number of nitrogens with one attached hydrogen (secondary N) is 1. The Bertz CT molecular complexity index is 999. The van der Waals surface area contributed by atoms with Crippen LogP contribution in [-0.2, 0) is 21.2 Å². The molecule has 8 heteroatoms. The van der Waals surface area contributed by atoms with Crippen molar-refractivity contribution >= 4 is 27.3 Å². The van der Waals surface area contributed by atoms with Crippen LogP contribution in [0.1, 0.15) is 38.7 Å². The Labute approximate surface area is 184 Å². The Morgan fingerprint density at radius 1 is 1.06 bits per heavy atom. The molecule has 0 radical (unpaired) electrons. The van der Waals surface area contributed by atoms with Crippen molar-refractivity contribution in [1.82, 2.24) is 4.31 Å². The van der Waals surface area contributed by atoms with Crippen LogP contribution >= 0.6 is 0 Å². The number of hydrogen-bond acceptors (Lipinski definition) is 4. The van der Waals surface area contributed by atoms with E-state index >= 15 is 0 Å². The largest absolute Gasteiger partial charge is 0.370 e. The Kier molecular flexibility index (Phi) is 7.67. The molecule has 1 aliphatic rings. The lowest BCUT2D eigenvalue weighted by molar-refractivity contribution is -0.116. The number of aryl methyl sites for hydroxylation is 1. The van der Waals surface area contributed by atoms with Gasteiger partial charge in [0, 0.05) is 32.6 Å². The molecule has 168 valence electrons. The molecule has 6 nitrogen and oxygen atoms in total. The summed E-state index contributed by atoms with van der Waals surface area (Å²) in [5.41, 5.74) is 1.80. The van der Waals surface area contributed by atoms with Crippen LogP contribution in [0.15, 0.2) is 47.4 Å². The average molecular weight is 448 g/mol. The normalized spacial score (nSPS) is 14.3. The number of carbonyl (C=O) groups is 1. The van der Waals surface area contributed by atoms with E-state index in [1.54, 1.807) is 44.2 Å². The molecule has 2 aromatic carbocycles. The van der Waals surface area contributed by atoms with Crippen LogP contribution in [0.2, 0.25) is 0 Å². The van der Waals surface area contributed by atoms with Crippen molar-refractivity contribution in [2.45, 2.75) is 44.4 Å². The molecule has 0 aliphatic carbocycles. The molecular formula is C23H30FN3O3S. The standard InChI is InChI=1S/C23H30FN3O3S/c1-3-27(4-2)31(29,30)19-13-10-18(11-14-19)12-15-22(28)25-23-20(24)8-7-9-21(23)26-16-5-6-17-26/h7-11,13-14H,3-6,12,15-17H2,1-2H3,(H,25,28). The second-order valence-corrected chi connectivity index (χ2v) is 9.55.